The average molecular weight is 397 g/mol. The molecule has 2 rings (SSSR count). The van der Waals surface area contributed by atoms with E-state index in [2.05, 4.69) is 15.9 Å². The van der Waals surface area contributed by atoms with Crippen LogP contribution in [-0.2, 0) is 10.1 Å². The van der Waals surface area contributed by atoms with Gasteiger partial charge in [-0.3, -0.25) is 4.79 Å². The maximum Gasteiger partial charge on any atom is 0.339 e. The maximum atomic E-state index is 12.4. The molecule has 2 aromatic carbocycles. The minimum absolute atomic E-state index is 0.0104. The van der Waals surface area contributed by atoms with Crippen LogP contribution in [0.3, 0.4) is 0 Å². The molecule has 0 saturated carbocycles. The lowest BCUT2D eigenvalue weighted by Crippen LogP contribution is -2.15. The van der Waals surface area contributed by atoms with Crippen LogP contribution in [0.1, 0.15) is 30.9 Å². The number of halogens is 1. The molecule has 0 heterocycles. The van der Waals surface area contributed by atoms with Crippen LogP contribution in [0.4, 0.5) is 0 Å². The lowest BCUT2D eigenvalue weighted by molar-refractivity contribution is 0.483. The molecule has 0 radical (unpaired) electrons. The first-order chi connectivity index (χ1) is 10.7. The van der Waals surface area contributed by atoms with Crippen molar-refractivity contribution in [2.75, 3.05) is 0 Å². The second-order valence-corrected chi connectivity index (χ2v) is 7.92. The molecule has 2 aromatic rings. The first kappa shape index (κ1) is 17.7. The van der Waals surface area contributed by atoms with Crippen LogP contribution >= 0.6 is 15.9 Å². The first-order valence-electron chi connectivity index (χ1n) is 7.05. The van der Waals surface area contributed by atoms with E-state index in [0.29, 0.717) is 0 Å². The summed E-state index contributed by atoms with van der Waals surface area (Å²) in [5.74, 6) is -0.0933. The molecule has 0 bridgehead atoms. The summed E-state index contributed by atoms with van der Waals surface area (Å²) in [6.07, 6.45) is 0. The number of rotatable bonds is 4. The van der Waals surface area contributed by atoms with Gasteiger partial charge in [-0.05, 0) is 58.6 Å². The Kier molecular flexibility index (Phi) is 5.26. The highest BCUT2D eigenvalue weighted by atomic mass is 79.9. The van der Waals surface area contributed by atoms with E-state index in [1.165, 1.54) is 18.2 Å². The van der Waals surface area contributed by atoms with Crippen molar-refractivity contribution in [1.29, 1.82) is 0 Å². The van der Waals surface area contributed by atoms with Gasteiger partial charge in [0.05, 0.1) is 4.47 Å². The van der Waals surface area contributed by atoms with Crippen molar-refractivity contribution in [2.24, 2.45) is 0 Å². The van der Waals surface area contributed by atoms with Crippen molar-refractivity contribution in [3.63, 3.8) is 0 Å². The molecule has 0 amide bonds. The van der Waals surface area contributed by atoms with Gasteiger partial charge in [0.1, 0.15) is 4.90 Å². The van der Waals surface area contributed by atoms with Crippen molar-refractivity contribution in [2.45, 2.75) is 31.6 Å². The van der Waals surface area contributed by atoms with Gasteiger partial charge in [-0.2, -0.15) is 8.42 Å². The van der Waals surface area contributed by atoms with Crippen LogP contribution in [0.2, 0.25) is 0 Å². The van der Waals surface area contributed by atoms with Crippen LogP contribution < -0.4 is 9.61 Å². The fourth-order valence-corrected chi connectivity index (χ4v) is 3.17. The number of aryl methyl sites for hydroxylation is 1. The number of hydrogen-bond acceptors (Lipinski definition) is 4. The van der Waals surface area contributed by atoms with Gasteiger partial charge in [0.15, 0.2) is 5.75 Å². The fourth-order valence-electron chi connectivity index (χ4n) is 1.92. The minimum Gasteiger partial charge on any atom is -0.375 e. The van der Waals surface area contributed by atoms with Gasteiger partial charge in [0, 0.05) is 0 Å². The quantitative estimate of drug-likeness (QED) is 0.732. The predicted octanol–water partition coefficient (Wildman–Crippen LogP) is 4.01. The van der Waals surface area contributed by atoms with E-state index in [0.717, 1.165) is 11.1 Å². The topological polar surface area (TPSA) is 60.4 Å². The van der Waals surface area contributed by atoms with Crippen LogP contribution in [0.5, 0.6) is 5.75 Å². The van der Waals surface area contributed by atoms with Crippen molar-refractivity contribution in [3.8, 4) is 5.75 Å². The Hall–Kier alpha value is -1.66. The Labute approximate surface area is 144 Å². The molecule has 0 aliphatic heterocycles. The smallest absolute Gasteiger partial charge is 0.339 e. The van der Waals surface area contributed by atoms with Gasteiger partial charge in [-0.15, -0.1) is 0 Å². The van der Waals surface area contributed by atoms with Crippen LogP contribution in [0.25, 0.3) is 0 Å². The summed E-state index contributed by atoms with van der Waals surface area (Å²) in [4.78, 5) is 12.3. The van der Waals surface area contributed by atoms with E-state index in [4.69, 9.17) is 4.18 Å². The predicted molar refractivity (Wildman–Crippen MR) is 93.5 cm³/mol. The monoisotopic (exact) mass is 396 g/mol. The summed E-state index contributed by atoms with van der Waals surface area (Å²) >= 11 is 3.15. The molecule has 122 valence electrons. The summed E-state index contributed by atoms with van der Waals surface area (Å²) < 4.78 is 30.1. The van der Waals surface area contributed by atoms with Gasteiger partial charge in [-0.25, -0.2) is 0 Å². The summed E-state index contributed by atoms with van der Waals surface area (Å²) in [7, 11) is -4.06. The Bertz CT molecular complexity index is 872. The third-order valence-electron chi connectivity index (χ3n) is 3.34. The molecule has 0 saturated heterocycles. The molecule has 0 aliphatic carbocycles. The van der Waals surface area contributed by atoms with Gasteiger partial charge >= 0.3 is 10.1 Å². The molecule has 0 aliphatic rings. The molecule has 0 unspecified atom stereocenters. The SMILES string of the molecule is Cc1ccc(S(=O)(=O)Oc2cc(C(C)C)ccc(Br)c2=O)cc1. The third kappa shape index (κ3) is 4.20. The molecule has 23 heavy (non-hydrogen) atoms. The second kappa shape index (κ2) is 6.84. The maximum absolute atomic E-state index is 12.4. The Morgan fingerprint density at radius 3 is 2.22 bits per heavy atom. The normalized spacial score (nSPS) is 11.5. The van der Waals surface area contributed by atoms with Crippen LogP contribution in [-0.4, -0.2) is 8.42 Å². The molecule has 4 nitrogen and oxygen atoms in total. The van der Waals surface area contributed by atoms with Crippen LogP contribution in [0.15, 0.2) is 56.6 Å². The number of hydrogen-bond donors (Lipinski definition) is 0. The largest absolute Gasteiger partial charge is 0.375 e. The summed E-state index contributed by atoms with van der Waals surface area (Å²) in [6, 6.07) is 11.1. The summed E-state index contributed by atoms with van der Waals surface area (Å²) in [5.41, 5.74) is 1.24. The molecule has 0 aromatic heterocycles. The number of benzene rings is 1. The van der Waals surface area contributed by atoms with E-state index in [1.807, 2.05) is 20.8 Å². The first-order valence-corrected chi connectivity index (χ1v) is 9.26. The van der Waals surface area contributed by atoms with Crippen molar-refractivity contribution < 1.29 is 12.6 Å². The van der Waals surface area contributed by atoms with Crippen molar-refractivity contribution in [1.82, 2.24) is 0 Å². The lowest BCUT2D eigenvalue weighted by atomic mass is 10.1. The Morgan fingerprint density at radius 1 is 1.04 bits per heavy atom. The molecular formula is C17H17BrO4S. The van der Waals surface area contributed by atoms with Crippen LogP contribution in [0, 0.1) is 6.92 Å². The third-order valence-corrected chi connectivity index (χ3v) is 5.21. The zero-order valence-corrected chi connectivity index (χ0v) is 15.4. The highest BCUT2D eigenvalue weighted by molar-refractivity contribution is 9.10. The van der Waals surface area contributed by atoms with E-state index in [-0.39, 0.29) is 21.0 Å². The van der Waals surface area contributed by atoms with Crippen molar-refractivity contribution >= 4 is 26.0 Å². The second-order valence-electron chi connectivity index (χ2n) is 5.52. The Morgan fingerprint density at radius 2 is 1.65 bits per heavy atom. The molecule has 6 heteroatoms. The molecule has 0 fully saturated rings. The average Bonchev–Trinajstić information content (AvgIpc) is 2.61. The Balaban J connectivity index is 2.53. The summed E-state index contributed by atoms with van der Waals surface area (Å²) in [6.45, 7) is 5.76. The zero-order chi connectivity index (χ0) is 17.2. The van der Waals surface area contributed by atoms with Gasteiger partial charge < -0.3 is 4.18 Å². The fraction of sp³-hybridized carbons (Fsp3) is 0.235. The molecule has 0 spiro atoms. The zero-order valence-electron chi connectivity index (χ0n) is 13.0. The van der Waals surface area contributed by atoms with E-state index in [1.54, 1.807) is 24.3 Å². The highest BCUT2D eigenvalue weighted by Crippen LogP contribution is 2.22. The standard InChI is InChI=1S/C17H17BrO4S/c1-11(2)13-6-9-15(18)17(19)16(10-13)22-23(20,21)14-7-4-12(3)5-8-14/h4-11H,1-3H3. The molecular weight excluding hydrogens is 380 g/mol. The van der Waals surface area contributed by atoms with Gasteiger partial charge in [0.2, 0.25) is 5.43 Å². The van der Waals surface area contributed by atoms with E-state index >= 15 is 0 Å². The highest BCUT2D eigenvalue weighted by Gasteiger charge is 2.19. The van der Waals surface area contributed by atoms with E-state index < -0.39 is 15.5 Å². The van der Waals surface area contributed by atoms with Gasteiger partial charge in [0.25, 0.3) is 0 Å². The van der Waals surface area contributed by atoms with Gasteiger partial charge in [-0.1, -0.05) is 37.6 Å². The molecule has 0 N–H and O–H groups in total. The minimum atomic E-state index is -4.06. The van der Waals surface area contributed by atoms with E-state index in [9.17, 15) is 13.2 Å². The summed E-state index contributed by atoms with van der Waals surface area (Å²) in [5, 5.41) is 0. The lowest BCUT2D eigenvalue weighted by Gasteiger charge is -2.07. The molecule has 0 atom stereocenters. The van der Waals surface area contributed by atoms with Crippen molar-refractivity contribution in [3.05, 3.63) is 68.3 Å².